The fourth-order valence-electron chi connectivity index (χ4n) is 6.70. The lowest BCUT2D eigenvalue weighted by Gasteiger charge is -2.37. The number of aliphatic hydroxyl groups excluding tert-OH is 1. The third-order valence-electron chi connectivity index (χ3n) is 11.0. The Kier molecular flexibility index (Phi) is 12.6. The van der Waals surface area contributed by atoms with Crippen molar-refractivity contribution in [3.63, 3.8) is 0 Å². The van der Waals surface area contributed by atoms with Crippen LogP contribution in [0.2, 0.25) is 28.2 Å². The number of likely N-dealkylation sites (tertiary alicyclic amines) is 1. The molecular formula is C41H49Cl2N7O4Si. The first-order chi connectivity index (χ1) is 26.2. The number of aliphatic hydroxyl groups is 1. The van der Waals surface area contributed by atoms with Gasteiger partial charge in [0.25, 0.3) is 5.91 Å². The van der Waals surface area contributed by atoms with Crippen LogP contribution >= 0.6 is 23.2 Å². The Bertz CT molecular complexity index is 2090. The van der Waals surface area contributed by atoms with Crippen LogP contribution in [0.25, 0.3) is 22.4 Å². The van der Waals surface area contributed by atoms with Gasteiger partial charge < -0.3 is 19.6 Å². The molecule has 0 saturated carbocycles. The summed E-state index contributed by atoms with van der Waals surface area (Å²) in [6, 6.07) is 14.8. The van der Waals surface area contributed by atoms with Gasteiger partial charge in [0.1, 0.15) is 11.4 Å². The van der Waals surface area contributed by atoms with Crippen LogP contribution < -0.4 is 10.1 Å². The van der Waals surface area contributed by atoms with Crippen LogP contribution in [0.15, 0.2) is 48.7 Å². The Morgan fingerprint density at radius 1 is 1.04 bits per heavy atom. The summed E-state index contributed by atoms with van der Waals surface area (Å²) in [7, 11) is -0.309. The van der Waals surface area contributed by atoms with Crippen molar-refractivity contribution >= 4 is 43.1 Å². The second kappa shape index (κ2) is 17.1. The minimum atomic E-state index is -1.88. The first-order valence-corrected chi connectivity index (χ1v) is 22.3. The van der Waals surface area contributed by atoms with Crippen molar-refractivity contribution in [2.75, 3.05) is 45.2 Å². The number of piperidine rings is 1. The molecule has 0 radical (unpaired) electrons. The van der Waals surface area contributed by atoms with E-state index in [2.05, 4.69) is 55.1 Å². The molecule has 0 spiro atoms. The highest BCUT2D eigenvalue weighted by molar-refractivity contribution is 6.74. The van der Waals surface area contributed by atoms with Crippen molar-refractivity contribution in [2.45, 2.75) is 77.4 Å². The lowest BCUT2D eigenvalue weighted by molar-refractivity contribution is 0.0781. The summed E-state index contributed by atoms with van der Waals surface area (Å²) in [6.45, 7) is 16.0. The van der Waals surface area contributed by atoms with Gasteiger partial charge in [-0.25, -0.2) is 9.97 Å². The average molecular weight is 803 g/mol. The van der Waals surface area contributed by atoms with Gasteiger partial charge in [-0.2, -0.15) is 5.26 Å². The SMILES string of the molecule is COc1nc(-c2cccc(-c3cccc(NC(=O)c4cc(C#N)c5c(n4)CN(CCO[Si](C)(C)C(C)(C)C)CC5)c3Cl)c2Cl)cnc1CN1CCC(O)CC1. The molecule has 4 heterocycles. The van der Waals surface area contributed by atoms with Gasteiger partial charge in [-0.05, 0) is 55.1 Å². The number of ether oxygens (including phenoxy) is 1. The molecule has 1 amide bonds. The summed E-state index contributed by atoms with van der Waals surface area (Å²) in [4.78, 5) is 32.4. The molecule has 2 aliphatic heterocycles. The highest BCUT2D eigenvalue weighted by Crippen LogP contribution is 2.42. The molecular weight excluding hydrogens is 753 g/mol. The molecule has 4 aromatic rings. The third kappa shape index (κ3) is 9.21. The van der Waals surface area contributed by atoms with Crippen LogP contribution in [0, 0.1) is 11.3 Å². The molecule has 14 heteroatoms. The molecule has 2 aliphatic rings. The van der Waals surface area contributed by atoms with Crippen molar-refractivity contribution in [3.05, 3.63) is 86.9 Å². The maximum atomic E-state index is 13.7. The van der Waals surface area contributed by atoms with Gasteiger partial charge in [0.05, 0.1) is 58.2 Å². The van der Waals surface area contributed by atoms with E-state index in [9.17, 15) is 15.2 Å². The number of carbonyl (C=O) groups is 1. The number of benzene rings is 2. The largest absolute Gasteiger partial charge is 0.480 e. The predicted octanol–water partition coefficient (Wildman–Crippen LogP) is 7.98. The van der Waals surface area contributed by atoms with Crippen LogP contribution in [0.1, 0.15) is 66.6 Å². The number of carbonyl (C=O) groups excluding carboxylic acids is 1. The van der Waals surface area contributed by atoms with Crippen molar-refractivity contribution in [3.8, 4) is 34.3 Å². The molecule has 55 heavy (non-hydrogen) atoms. The average Bonchev–Trinajstić information content (AvgIpc) is 3.16. The Morgan fingerprint density at radius 3 is 2.42 bits per heavy atom. The van der Waals surface area contributed by atoms with E-state index in [0.717, 1.165) is 50.3 Å². The Labute approximate surface area is 334 Å². The molecule has 290 valence electrons. The number of hydrogen-bond donors (Lipinski definition) is 2. The summed E-state index contributed by atoms with van der Waals surface area (Å²) in [5, 5.41) is 23.7. The minimum absolute atomic E-state index is 0.128. The van der Waals surface area contributed by atoms with Crippen LogP contribution in [0.4, 0.5) is 5.69 Å². The summed E-state index contributed by atoms with van der Waals surface area (Å²) in [5.41, 5.74) is 5.74. The highest BCUT2D eigenvalue weighted by Gasteiger charge is 2.37. The number of rotatable bonds is 11. The Morgan fingerprint density at radius 2 is 1.73 bits per heavy atom. The van der Waals surface area contributed by atoms with E-state index in [4.69, 9.17) is 47.3 Å². The fourth-order valence-corrected chi connectivity index (χ4v) is 8.33. The normalized spacial score (nSPS) is 15.7. The molecule has 0 aliphatic carbocycles. The standard InChI is InChI=1S/C41H49Cl2N7O4Si/c1-41(2,3)55(5,6)54-20-19-50-18-15-28-26(22-44)21-33(46-35(28)24-50)39(52)47-32-12-8-10-30(38(32)43)29-9-7-11-31(37(29)42)34-23-45-36(40(48-34)53-4)25-49-16-13-27(51)14-17-49/h7-12,21,23,27,51H,13-20,24-25H2,1-6H3,(H,47,52). The monoisotopic (exact) mass is 801 g/mol. The van der Waals surface area contributed by atoms with Gasteiger partial charge in [0.15, 0.2) is 8.32 Å². The zero-order chi connectivity index (χ0) is 39.5. The van der Waals surface area contributed by atoms with Crippen LogP contribution in [0.3, 0.4) is 0 Å². The van der Waals surface area contributed by atoms with Gasteiger partial charge in [0.2, 0.25) is 5.88 Å². The zero-order valence-corrected chi connectivity index (χ0v) is 34.9. The maximum absolute atomic E-state index is 13.7. The molecule has 2 N–H and O–H groups in total. The number of anilines is 1. The van der Waals surface area contributed by atoms with Crippen LogP contribution in [-0.2, 0) is 23.9 Å². The molecule has 0 atom stereocenters. The lowest BCUT2D eigenvalue weighted by atomic mass is 9.98. The minimum Gasteiger partial charge on any atom is -0.480 e. The molecule has 1 fully saturated rings. The molecule has 2 aromatic carbocycles. The topological polar surface area (TPSA) is 137 Å². The molecule has 6 rings (SSSR count). The number of nitrogens with zero attached hydrogens (tertiary/aromatic N) is 6. The number of fused-ring (bicyclic) bond motifs is 1. The second-order valence-corrected chi connectivity index (χ2v) is 21.3. The number of nitrogens with one attached hydrogen (secondary N) is 1. The number of hydrogen-bond acceptors (Lipinski definition) is 10. The molecule has 11 nitrogen and oxygen atoms in total. The van der Waals surface area contributed by atoms with Crippen molar-refractivity contribution in [1.82, 2.24) is 24.8 Å². The van der Waals surface area contributed by atoms with Crippen molar-refractivity contribution < 1.29 is 19.1 Å². The number of amides is 1. The van der Waals surface area contributed by atoms with Gasteiger partial charge in [-0.3, -0.25) is 19.6 Å². The van der Waals surface area contributed by atoms with E-state index in [-0.39, 0.29) is 16.8 Å². The number of methoxy groups -OCH3 is 1. The van der Waals surface area contributed by atoms with E-state index in [1.807, 2.05) is 24.3 Å². The smallest absolute Gasteiger partial charge is 0.274 e. The molecule has 1 saturated heterocycles. The van der Waals surface area contributed by atoms with E-state index in [1.54, 1.807) is 31.5 Å². The summed E-state index contributed by atoms with van der Waals surface area (Å²) in [6.07, 6.45) is 3.55. The third-order valence-corrected chi connectivity index (χ3v) is 16.4. The molecule has 0 bridgehead atoms. The number of nitriles is 1. The lowest BCUT2D eigenvalue weighted by Crippen LogP contribution is -2.43. The second-order valence-electron chi connectivity index (χ2n) is 15.7. The van der Waals surface area contributed by atoms with Gasteiger partial charge >= 0.3 is 0 Å². The maximum Gasteiger partial charge on any atom is 0.274 e. The quantitative estimate of drug-likeness (QED) is 0.144. The number of halogens is 2. The zero-order valence-electron chi connectivity index (χ0n) is 32.4. The molecule has 0 unspecified atom stereocenters. The summed E-state index contributed by atoms with van der Waals surface area (Å²) >= 11 is 14.0. The Hall–Kier alpha value is -3.93. The predicted molar refractivity (Wildman–Crippen MR) is 219 cm³/mol. The number of pyridine rings is 1. The highest BCUT2D eigenvalue weighted by atomic mass is 35.5. The number of aromatic nitrogens is 3. The molecule has 2 aromatic heterocycles. The first kappa shape index (κ1) is 40.7. The van der Waals surface area contributed by atoms with Gasteiger partial charge in [0, 0.05) is 62.6 Å². The van der Waals surface area contributed by atoms with E-state index >= 15 is 0 Å². The van der Waals surface area contributed by atoms with Gasteiger partial charge in [-0.1, -0.05) is 74.3 Å². The van der Waals surface area contributed by atoms with E-state index in [1.165, 1.54) is 0 Å². The fraction of sp³-hybridized carbons (Fsp3) is 0.439. The summed E-state index contributed by atoms with van der Waals surface area (Å²) < 4.78 is 12.0. The van der Waals surface area contributed by atoms with E-state index in [0.29, 0.717) is 81.4 Å². The van der Waals surface area contributed by atoms with Crippen molar-refractivity contribution in [1.29, 1.82) is 5.26 Å². The van der Waals surface area contributed by atoms with Crippen molar-refractivity contribution in [2.24, 2.45) is 0 Å². The summed E-state index contributed by atoms with van der Waals surface area (Å²) in [5.74, 6) is -0.0636. The van der Waals surface area contributed by atoms with E-state index < -0.39 is 14.2 Å². The first-order valence-electron chi connectivity index (χ1n) is 18.7. The van der Waals surface area contributed by atoms with Crippen LogP contribution in [0.5, 0.6) is 5.88 Å². The van der Waals surface area contributed by atoms with Crippen LogP contribution in [-0.4, -0.2) is 90.1 Å². The Balaban J connectivity index is 1.19. The van der Waals surface area contributed by atoms with Gasteiger partial charge in [-0.15, -0.1) is 0 Å².